The van der Waals surface area contributed by atoms with Crippen LogP contribution in [0.3, 0.4) is 0 Å². The molecule has 2 unspecified atom stereocenters. The first-order chi connectivity index (χ1) is 40.8. The van der Waals surface area contributed by atoms with Crippen LogP contribution in [0.25, 0.3) is 0 Å². The van der Waals surface area contributed by atoms with Gasteiger partial charge >= 0.3 is 19.8 Å². The molecule has 2 atom stereocenters. The lowest BCUT2D eigenvalue weighted by Crippen LogP contribution is -2.29. The molecule has 3 N–H and O–H groups in total. The SMILES string of the molecule is CC/C=C\C/C=C\C/C=C\C/C=C\C/C=C\CCCCCCCC(=O)OC(COC(=O)CCCCCCCCCCCCCCCCCCCCCCCCCCCCCCCCCCCCCCCCCCC)COP(=O)(O)OCCN. The van der Waals surface area contributed by atoms with Gasteiger partial charge in [0.25, 0.3) is 0 Å². The molecule has 0 aliphatic rings. The van der Waals surface area contributed by atoms with Gasteiger partial charge in [0.15, 0.2) is 6.10 Å². The Morgan fingerprint density at radius 3 is 0.988 bits per heavy atom. The van der Waals surface area contributed by atoms with Gasteiger partial charge in [0.2, 0.25) is 0 Å². The van der Waals surface area contributed by atoms with Gasteiger partial charge < -0.3 is 20.1 Å². The molecule has 0 spiro atoms. The second-order valence-electron chi connectivity index (χ2n) is 24.1. The Labute approximate surface area is 514 Å². The number of nitrogens with two attached hydrogens (primary N) is 1. The fourth-order valence-electron chi connectivity index (χ4n) is 10.7. The zero-order chi connectivity index (χ0) is 60.1. The Balaban J connectivity index is 3.75. The summed E-state index contributed by atoms with van der Waals surface area (Å²) in [5.41, 5.74) is 5.39. The van der Waals surface area contributed by atoms with Crippen molar-refractivity contribution in [3.63, 3.8) is 0 Å². The van der Waals surface area contributed by atoms with Gasteiger partial charge in [-0.05, 0) is 57.8 Å². The number of carbonyl (C=O) groups excluding carboxylic acids is 2. The van der Waals surface area contributed by atoms with Crippen LogP contribution in [0.5, 0.6) is 0 Å². The number of esters is 2. The molecule has 0 aromatic heterocycles. The van der Waals surface area contributed by atoms with E-state index in [9.17, 15) is 19.0 Å². The van der Waals surface area contributed by atoms with Gasteiger partial charge in [0, 0.05) is 19.4 Å². The van der Waals surface area contributed by atoms with Gasteiger partial charge in [-0.15, -0.1) is 0 Å². The molecule has 0 rings (SSSR count). The zero-order valence-corrected chi connectivity index (χ0v) is 55.6. The fourth-order valence-corrected chi connectivity index (χ4v) is 11.4. The van der Waals surface area contributed by atoms with Crippen LogP contribution >= 0.6 is 7.82 Å². The average Bonchev–Trinajstić information content (AvgIpc) is 3.49. The van der Waals surface area contributed by atoms with Crippen molar-refractivity contribution in [1.29, 1.82) is 0 Å². The van der Waals surface area contributed by atoms with Crippen LogP contribution in [0, 0.1) is 0 Å². The predicted octanol–water partition coefficient (Wildman–Crippen LogP) is 23.4. The lowest BCUT2D eigenvalue weighted by atomic mass is 10.0. The van der Waals surface area contributed by atoms with Gasteiger partial charge in [0.1, 0.15) is 6.61 Å². The highest BCUT2D eigenvalue weighted by atomic mass is 31.2. The molecule has 0 aromatic rings. The molecule has 0 bridgehead atoms. The Bertz CT molecular complexity index is 1540. The molecule has 10 heteroatoms. The van der Waals surface area contributed by atoms with E-state index < -0.39 is 26.5 Å². The second-order valence-corrected chi connectivity index (χ2v) is 25.5. The van der Waals surface area contributed by atoms with Crippen LogP contribution in [-0.2, 0) is 32.7 Å². The minimum absolute atomic E-state index is 0.0487. The summed E-state index contributed by atoms with van der Waals surface area (Å²) in [6.07, 6.45) is 89.3. The molecular weight excluding hydrogens is 1050 g/mol. The number of rotatable bonds is 68. The largest absolute Gasteiger partial charge is 0.472 e. The maximum absolute atomic E-state index is 12.7. The van der Waals surface area contributed by atoms with Crippen molar-refractivity contribution in [1.82, 2.24) is 0 Å². The Morgan fingerprint density at radius 1 is 0.373 bits per heavy atom. The number of phosphoric ester groups is 1. The number of ether oxygens (including phenoxy) is 2. The van der Waals surface area contributed by atoms with E-state index in [0.29, 0.717) is 6.42 Å². The van der Waals surface area contributed by atoms with Gasteiger partial charge in [-0.3, -0.25) is 18.6 Å². The van der Waals surface area contributed by atoms with E-state index in [-0.39, 0.29) is 38.6 Å². The van der Waals surface area contributed by atoms with E-state index >= 15 is 0 Å². The smallest absolute Gasteiger partial charge is 0.462 e. The summed E-state index contributed by atoms with van der Waals surface area (Å²) in [7, 11) is -4.40. The highest BCUT2D eigenvalue weighted by molar-refractivity contribution is 7.47. The molecule has 83 heavy (non-hydrogen) atoms. The van der Waals surface area contributed by atoms with Crippen LogP contribution in [0.2, 0.25) is 0 Å². The van der Waals surface area contributed by atoms with Crippen molar-refractivity contribution >= 4 is 19.8 Å². The number of hydrogen-bond donors (Lipinski definition) is 2. The van der Waals surface area contributed by atoms with Crippen molar-refractivity contribution < 1.29 is 37.6 Å². The summed E-state index contributed by atoms with van der Waals surface area (Å²) >= 11 is 0. The molecule has 0 saturated carbocycles. The molecule has 0 saturated heterocycles. The van der Waals surface area contributed by atoms with Crippen LogP contribution in [0.4, 0.5) is 0 Å². The first kappa shape index (κ1) is 80.7. The summed E-state index contributed by atoms with van der Waals surface area (Å²) in [6.45, 7) is 3.66. The van der Waals surface area contributed by atoms with Crippen molar-refractivity contribution in [3.05, 3.63) is 60.8 Å². The number of allylic oxidation sites excluding steroid dienone is 10. The predicted molar refractivity (Wildman–Crippen MR) is 358 cm³/mol. The van der Waals surface area contributed by atoms with E-state index in [1.807, 2.05) is 0 Å². The third-order valence-corrected chi connectivity index (χ3v) is 16.9. The van der Waals surface area contributed by atoms with Crippen LogP contribution in [0.15, 0.2) is 60.8 Å². The third-order valence-electron chi connectivity index (χ3n) is 15.9. The van der Waals surface area contributed by atoms with Crippen LogP contribution in [0.1, 0.15) is 361 Å². The third kappa shape index (κ3) is 68.7. The minimum Gasteiger partial charge on any atom is -0.462 e. The van der Waals surface area contributed by atoms with Gasteiger partial charge in [-0.2, -0.15) is 0 Å². The highest BCUT2D eigenvalue weighted by Crippen LogP contribution is 2.43. The van der Waals surface area contributed by atoms with Gasteiger partial charge in [-0.1, -0.05) is 351 Å². The van der Waals surface area contributed by atoms with Crippen LogP contribution < -0.4 is 5.73 Å². The minimum atomic E-state index is -4.40. The maximum Gasteiger partial charge on any atom is 0.472 e. The number of unbranched alkanes of at least 4 members (excludes halogenated alkanes) is 45. The van der Waals surface area contributed by atoms with E-state index in [0.717, 1.165) is 83.5 Å². The molecule has 0 aliphatic carbocycles. The number of hydrogen-bond acceptors (Lipinski definition) is 8. The molecule has 0 radical (unpaired) electrons. The summed E-state index contributed by atoms with van der Waals surface area (Å²) in [5.74, 6) is -0.838. The lowest BCUT2D eigenvalue weighted by molar-refractivity contribution is -0.161. The molecule has 486 valence electrons. The topological polar surface area (TPSA) is 134 Å². The van der Waals surface area contributed by atoms with Crippen molar-refractivity contribution in [2.45, 2.75) is 367 Å². The number of phosphoric acid groups is 1. The van der Waals surface area contributed by atoms with Crippen molar-refractivity contribution in [2.24, 2.45) is 5.73 Å². The standard InChI is InChI=1S/C73H136NO8P/c1-3-5-7-9-11-13-15-17-19-21-23-25-26-27-28-29-30-31-32-33-34-35-36-37-38-39-40-41-42-43-44-46-47-49-51-53-55-57-59-61-63-65-72(75)79-69-71(70-81-83(77,78)80-68-67-74)82-73(76)66-64-62-60-58-56-54-52-50-48-45-24-22-20-18-16-14-12-10-8-6-4-2/h6,8,12,14,18,20,24,45,50,52,71H,3-5,7,9-11,13,15-17,19,21-23,25-44,46-49,51,53-70,74H2,1-2H3,(H,77,78)/b8-6-,14-12-,20-18-,45-24-,52-50-. The first-order valence-electron chi connectivity index (χ1n) is 35.8. The quantitative estimate of drug-likeness (QED) is 0.0264. The Kier molecular flexibility index (Phi) is 66.9. The molecule has 9 nitrogen and oxygen atoms in total. The Morgan fingerprint density at radius 2 is 0.663 bits per heavy atom. The molecule has 0 aliphatic heterocycles. The highest BCUT2D eigenvalue weighted by Gasteiger charge is 2.26. The number of carbonyl (C=O) groups is 2. The van der Waals surface area contributed by atoms with E-state index in [1.54, 1.807) is 0 Å². The fraction of sp³-hybridized carbons (Fsp3) is 0.836. The molecule has 0 heterocycles. The van der Waals surface area contributed by atoms with Gasteiger partial charge in [-0.25, -0.2) is 4.57 Å². The van der Waals surface area contributed by atoms with E-state index in [2.05, 4.69) is 74.6 Å². The molecule has 0 aromatic carbocycles. The molecular formula is C73H136NO8P. The summed E-state index contributed by atoms with van der Waals surface area (Å²) < 4.78 is 33.1. The summed E-state index contributed by atoms with van der Waals surface area (Å²) in [6, 6.07) is 0. The summed E-state index contributed by atoms with van der Waals surface area (Å²) in [5, 5.41) is 0. The Hall–Kier alpha value is -2.29. The second kappa shape index (κ2) is 68.8. The van der Waals surface area contributed by atoms with Gasteiger partial charge in [0.05, 0.1) is 13.2 Å². The first-order valence-corrected chi connectivity index (χ1v) is 37.3. The maximum atomic E-state index is 12.7. The monoisotopic (exact) mass is 1190 g/mol. The molecule has 0 amide bonds. The lowest BCUT2D eigenvalue weighted by Gasteiger charge is -2.19. The summed E-state index contributed by atoms with van der Waals surface area (Å²) in [4.78, 5) is 35.3. The van der Waals surface area contributed by atoms with Crippen LogP contribution in [-0.4, -0.2) is 49.3 Å². The average molecular weight is 1190 g/mol. The zero-order valence-electron chi connectivity index (χ0n) is 54.7. The van der Waals surface area contributed by atoms with Crippen molar-refractivity contribution in [3.8, 4) is 0 Å². The molecule has 0 fully saturated rings. The van der Waals surface area contributed by atoms with E-state index in [4.69, 9.17) is 24.3 Å². The van der Waals surface area contributed by atoms with E-state index in [1.165, 1.54) is 244 Å². The van der Waals surface area contributed by atoms with Crippen molar-refractivity contribution in [2.75, 3.05) is 26.4 Å². The normalized spacial score (nSPS) is 13.3.